The second-order valence-corrected chi connectivity index (χ2v) is 9.04. The molecule has 0 bridgehead atoms. The number of rotatable bonds is 13. The fourth-order valence-corrected chi connectivity index (χ4v) is 3.61. The Morgan fingerprint density at radius 3 is 2.25 bits per heavy atom. The summed E-state index contributed by atoms with van der Waals surface area (Å²) >= 11 is 0. The van der Waals surface area contributed by atoms with Crippen LogP contribution >= 0.6 is 0 Å². The van der Waals surface area contributed by atoms with Crippen LogP contribution in [0.1, 0.15) is 39.2 Å². The van der Waals surface area contributed by atoms with Gasteiger partial charge in [-0.25, -0.2) is 4.79 Å². The highest BCUT2D eigenvalue weighted by molar-refractivity contribution is 5.94. The Kier molecular flexibility index (Phi) is 9.97. The van der Waals surface area contributed by atoms with Crippen LogP contribution < -0.4 is 27.4 Å². The van der Waals surface area contributed by atoms with Crippen LogP contribution in [0.25, 0.3) is 10.9 Å². The van der Waals surface area contributed by atoms with E-state index in [0.29, 0.717) is 0 Å². The van der Waals surface area contributed by atoms with Crippen molar-refractivity contribution in [3.05, 3.63) is 36.0 Å². The van der Waals surface area contributed by atoms with Gasteiger partial charge in [-0.1, -0.05) is 32.0 Å². The lowest BCUT2D eigenvalue weighted by Gasteiger charge is -2.24. The number of nitrogens with two attached hydrogens (primary N) is 2. The van der Waals surface area contributed by atoms with Crippen molar-refractivity contribution in [3.63, 3.8) is 0 Å². The van der Waals surface area contributed by atoms with E-state index in [1.165, 1.54) is 6.92 Å². The van der Waals surface area contributed by atoms with E-state index in [-0.39, 0.29) is 25.2 Å². The number of nitrogens with one attached hydrogen (secondary N) is 4. The Balaban J connectivity index is 2.18. The first-order valence-corrected chi connectivity index (χ1v) is 11.6. The Labute approximate surface area is 208 Å². The zero-order valence-electron chi connectivity index (χ0n) is 20.5. The van der Waals surface area contributed by atoms with Crippen LogP contribution in [-0.2, 0) is 30.4 Å². The molecule has 2 aromatic rings. The molecule has 0 radical (unpaired) electrons. The van der Waals surface area contributed by atoms with Crippen molar-refractivity contribution < 1.29 is 29.1 Å². The standard InChI is InChI=1S/C24H34N6O6/c1-12(2)20(24(35)36)30-21(32)13(3)28-23(34)18(29-22(33)16(25)8-9-19(26)31)10-14-11-27-17-7-5-4-6-15(14)17/h4-7,11-13,16,18,20,27H,8-10,25H2,1-3H3,(H2,26,31)(H,28,34)(H,29,33)(H,30,32)(H,35,36). The molecule has 9 N–H and O–H groups in total. The van der Waals surface area contributed by atoms with Crippen molar-refractivity contribution in [2.24, 2.45) is 17.4 Å². The first-order valence-electron chi connectivity index (χ1n) is 11.6. The number of aliphatic carboxylic acids is 1. The number of hydrogen-bond donors (Lipinski definition) is 7. The summed E-state index contributed by atoms with van der Waals surface area (Å²) < 4.78 is 0. The maximum absolute atomic E-state index is 13.2. The highest BCUT2D eigenvalue weighted by Crippen LogP contribution is 2.19. The van der Waals surface area contributed by atoms with Gasteiger partial charge in [0.2, 0.25) is 23.6 Å². The van der Waals surface area contributed by atoms with Crippen molar-refractivity contribution >= 4 is 40.5 Å². The number of benzene rings is 1. The minimum Gasteiger partial charge on any atom is -0.480 e. The summed E-state index contributed by atoms with van der Waals surface area (Å²) in [5, 5.41) is 17.7. The number of carbonyl (C=O) groups is 5. The molecule has 1 aromatic heterocycles. The Hall–Kier alpha value is -3.93. The van der Waals surface area contributed by atoms with E-state index >= 15 is 0 Å². The summed E-state index contributed by atoms with van der Waals surface area (Å²) in [6, 6.07) is 3.05. The van der Waals surface area contributed by atoms with E-state index in [0.717, 1.165) is 16.5 Å². The first kappa shape index (κ1) is 28.3. The molecule has 2 rings (SSSR count). The van der Waals surface area contributed by atoms with Gasteiger partial charge in [0.15, 0.2) is 0 Å². The average Bonchev–Trinajstić information content (AvgIpc) is 3.22. The smallest absolute Gasteiger partial charge is 0.326 e. The number of aromatic amines is 1. The highest BCUT2D eigenvalue weighted by atomic mass is 16.4. The minimum atomic E-state index is -1.19. The Morgan fingerprint density at radius 2 is 1.64 bits per heavy atom. The number of fused-ring (bicyclic) bond motifs is 1. The van der Waals surface area contributed by atoms with E-state index in [1.807, 2.05) is 24.3 Å². The fraction of sp³-hybridized carbons (Fsp3) is 0.458. The van der Waals surface area contributed by atoms with Gasteiger partial charge in [-0.3, -0.25) is 19.2 Å². The van der Waals surface area contributed by atoms with Gasteiger partial charge in [-0.2, -0.15) is 0 Å². The molecule has 36 heavy (non-hydrogen) atoms. The van der Waals surface area contributed by atoms with Crippen LogP contribution in [0.2, 0.25) is 0 Å². The van der Waals surface area contributed by atoms with Crippen LogP contribution in [-0.4, -0.2) is 63.9 Å². The monoisotopic (exact) mass is 502 g/mol. The molecule has 0 aliphatic rings. The number of primary amides is 1. The third-order valence-corrected chi connectivity index (χ3v) is 5.75. The Morgan fingerprint density at radius 1 is 0.972 bits per heavy atom. The van der Waals surface area contributed by atoms with E-state index in [9.17, 15) is 29.1 Å². The number of carboxylic acid groups (broad SMARTS) is 1. The fourth-order valence-electron chi connectivity index (χ4n) is 3.61. The maximum Gasteiger partial charge on any atom is 0.326 e. The SMILES string of the molecule is CC(NC(=O)C(Cc1c[nH]c2ccccc12)NC(=O)C(N)CCC(N)=O)C(=O)NC(C(=O)O)C(C)C. The topological polar surface area (TPSA) is 209 Å². The highest BCUT2D eigenvalue weighted by Gasteiger charge is 2.30. The molecule has 0 saturated carbocycles. The van der Waals surface area contributed by atoms with E-state index < -0.39 is 53.8 Å². The van der Waals surface area contributed by atoms with E-state index in [4.69, 9.17) is 11.5 Å². The molecular weight excluding hydrogens is 468 g/mol. The first-order chi connectivity index (χ1) is 16.9. The molecule has 0 spiro atoms. The largest absolute Gasteiger partial charge is 0.480 e. The molecule has 0 aliphatic heterocycles. The molecule has 196 valence electrons. The molecule has 4 amide bonds. The van der Waals surface area contributed by atoms with Gasteiger partial charge in [-0.15, -0.1) is 0 Å². The molecular formula is C24H34N6O6. The average molecular weight is 503 g/mol. The molecule has 4 unspecified atom stereocenters. The van der Waals surface area contributed by atoms with E-state index in [1.54, 1.807) is 20.0 Å². The summed E-state index contributed by atoms with van der Waals surface area (Å²) in [5.41, 5.74) is 12.6. The zero-order chi connectivity index (χ0) is 27.0. The molecule has 1 aromatic carbocycles. The van der Waals surface area contributed by atoms with Crippen LogP contribution in [0.3, 0.4) is 0 Å². The zero-order valence-corrected chi connectivity index (χ0v) is 20.5. The summed E-state index contributed by atoms with van der Waals surface area (Å²) in [6.45, 7) is 4.71. The third kappa shape index (κ3) is 7.80. The maximum atomic E-state index is 13.2. The van der Waals surface area contributed by atoms with Gasteiger partial charge in [0.1, 0.15) is 18.1 Å². The van der Waals surface area contributed by atoms with Crippen molar-refractivity contribution in [2.45, 2.75) is 64.2 Å². The van der Waals surface area contributed by atoms with Gasteiger partial charge in [0.25, 0.3) is 0 Å². The summed E-state index contributed by atoms with van der Waals surface area (Å²) in [4.78, 5) is 63.9. The van der Waals surface area contributed by atoms with Crippen molar-refractivity contribution in [3.8, 4) is 0 Å². The lowest BCUT2D eigenvalue weighted by atomic mass is 10.0. The molecule has 0 fully saturated rings. The van der Waals surface area contributed by atoms with Crippen LogP contribution in [0.15, 0.2) is 30.5 Å². The number of para-hydroxylation sites is 1. The van der Waals surface area contributed by atoms with Gasteiger partial charge in [-0.05, 0) is 30.9 Å². The summed E-state index contributed by atoms with van der Waals surface area (Å²) in [6.07, 6.45) is 1.72. The lowest BCUT2D eigenvalue weighted by molar-refractivity contribution is -0.143. The van der Waals surface area contributed by atoms with Crippen molar-refractivity contribution in [1.82, 2.24) is 20.9 Å². The summed E-state index contributed by atoms with van der Waals surface area (Å²) in [5.74, 6) is -4.16. The Bertz CT molecular complexity index is 1110. The molecule has 4 atom stereocenters. The van der Waals surface area contributed by atoms with Gasteiger partial charge >= 0.3 is 5.97 Å². The predicted octanol–water partition coefficient (Wildman–Crippen LogP) is -0.482. The second kappa shape index (κ2) is 12.7. The summed E-state index contributed by atoms with van der Waals surface area (Å²) in [7, 11) is 0. The molecule has 12 nitrogen and oxygen atoms in total. The lowest BCUT2D eigenvalue weighted by Crippen LogP contribution is -2.57. The second-order valence-electron chi connectivity index (χ2n) is 9.04. The minimum absolute atomic E-state index is 0.00712. The number of amides is 4. The van der Waals surface area contributed by atoms with E-state index in [2.05, 4.69) is 20.9 Å². The van der Waals surface area contributed by atoms with Gasteiger partial charge < -0.3 is 37.5 Å². The predicted molar refractivity (Wildman–Crippen MR) is 132 cm³/mol. The molecule has 1 heterocycles. The van der Waals surface area contributed by atoms with Crippen LogP contribution in [0, 0.1) is 5.92 Å². The van der Waals surface area contributed by atoms with Crippen molar-refractivity contribution in [2.75, 3.05) is 0 Å². The molecule has 0 aliphatic carbocycles. The number of hydrogen-bond acceptors (Lipinski definition) is 6. The van der Waals surface area contributed by atoms with Gasteiger partial charge in [0.05, 0.1) is 6.04 Å². The number of carbonyl (C=O) groups excluding carboxylic acids is 4. The van der Waals surface area contributed by atoms with Crippen LogP contribution in [0.5, 0.6) is 0 Å². The quantitative estimate of drug-likeness (QED) is 0.191. The van der Waals surface area contributed by atoms with Crippen LogP contribution in [0.4, 0.5) is 0 Å². The van der Waals surface area contributed by atoms with Crippen molar-refractivity contribution in [1.29, 1.82) is 0 Å². The normalized spacial score (nSPS) is 14.5. The number of carboxylic acids is 1. The number of aromatic nitrogens is 1. The molecule has 0 saturated heterocycles. The third-order valence-electron chi connectivity index (χ3n) is 5.75. The number of H-pyrrole nitrogens is 1. The van der Waals surface area contributed by atoms with Gasteiger partial charge in [0, 0.05) is 29.9 Å². The molecule has 12 heteroatoms.